The number of benzene rings is 1. The molecular weight excluding hydrogens is 498 g/mol. The van der Waals surface area contributed by atoms with Crippen LogP contribution >= 0.6 is 11.8 Å². The lowest BCUT2D eigenvalue weighted by atomic mass is 10.0. The highest BCUT2D eigenvalue weighted by molar-refractivity contribution is 8.00. The van der Waals surface area contributed by atoms with E-state index in [9.17, 15) is 23.7 Å². The lowest BCUT2D eigenvalue weighted by Crippen LogP contribution is -2.30. The molecule has 1 fully saturated rings. The van der Waals surface area contributed by atoms with Gasteiger partial charge < -0.3 is 15.5 Å². The number of likely N-dealkylation sites (N-methyl/N-ethyl adjacent to an activating group) is 1. The molecule has 12 heteroatoms. The van der Waals surface area contributed by atoms with Crippen molar-refractivity contribution in [3.05, 3.63) is 46.5 Å². The molecule has 1 aromatic carbocycles. The standard InChI is InChI=1S/C24H29N7O3S2/c1-4-18-19(14-25)23(31-11-5-10-30(3)12-13-31)29-24(20(18)15-26)35-21(22(27)32)16-6-8-17(9-7-16)36(33,34)28-2/h6-9,21,28H,4-5,10-13H2,1-3H3,(H2,27,32). The van der Waals surface area contributed by atoms with E-state index in [0.29, 0.717) is 47.0 Å². The average molecular weight is 528 g/mol. The maximum Gasteiger partial charge on any atom is 0.240 e. The van der Waals surface area contributed by atoms with Crippen LogP contribution < -0.4 is 15.4 Å². The van der Waals surface area contributed by atoms with E-state index in [1.54, 1.807) is 0 Å². The molecule has 0 saturated carbocycles. The number of primary amides is 1. The van der Waals surface area contributed by atoms with Crippen molar-refractivity contribution < 1.29 is 13.2 Å². The molecule has 3 rings (SSSR count). The Morgan fingerprint density at radius 3 is 2.39 bits per heavy atom. The van der Waals surface area contributed by atoms with Crippen molar-refractivity contribution in [2.24, 2.45) is 5.73 Å². The minimum absolute atomic E-state index is 0.0536. The molecule has 190 valence electrons. The minimum atomic E-state index is -3.64. The van der Waals surface area contributed by atoms with Gasteiger partial charge in [-0.25, -0.2) is 18.1 Å². The minimum Gasteiger partial charge on any atom is -0.368 e. The van der Waals surface area contributed by atoms with E-state index in [-0.39, 0.29) is 10.5 Å². The molecule has 3 N–H and O–H groups in total. The summed E-state index contributed by atoms with van der Waals surface area (Å²) in [4.78, 5) is 21.5. The molecule has 1 atom stereocenters. The Morgan fingerprint density at radius 1 is 1.17 bits per heavy atom. The SMILES string of the molecule is CCc1c(C#N)c(SC(C(N)=O)c2ccc(S(=O)(=O)NC)cc2)nc(N2CCCN(C)CC2)c1C#N. The topological polar surface area (TPSA) is 156 Å². The van der Waals surface area contributed by atoms with Gasteiger partial charge in [0.15, 0.2) is 0 Å². The van der Waals surface area contributed by atoms with Crippen LogP contribution in [0, 0.1) is 22.7 Å². The van der Waals surface area contributed by atoms with Gasteiger partial charge in [0.2, 0.25) is 15.9 Å². The summed E-state index contributed by atoms with van der Waals surface area (Å²) < 4.78 is 26.4. The number of anilines is 1. The van der Waals surface area contributed by atoms with Crippen molar-refractivity contribution in [3.8, 4) is 12.1 Å². The van der Waals surface area contributed by atoms with Crippen LogP contribution in [0.25, 0.3) is 0 Å². The number of carbonyl (C=O) groups is 1. The zero-order chi connectivity index (χ0) is 26.5. The van der Waals surface area contributed by atoms with Gasteiger partial charge in [-0.15, -0.1) is 0 Å². The molecule has 0 aliphatic carbocycles. The average Bonchev–Trinajstić information content (AvgIpc) is 3.10. The molecule has 1 saturated heterocycles. The molecule has 1 aliphatic heterocycles. The predicted octanol–water partition coefficient (Wildman–Crippen LogP) is 1.76. The number of nitrogens with zero attached hydrogens (tertiary/aromatic N) is 5. The first-order valence-corrected chi connectivity index (χ1v) is 13.8. The van der Waals surface area contributed by atoms with Gasteiger partial charge in [0, 0.05) is 19.6 Å². The summed E-state index contributed by atoms with van der Waals surface area (Å²) in [6, 6.07) is 10.3. The van der Waals surface area contributed by atoms with Crippen molar-refractivity contribution in [2.45, 2.75) is 34.9 Å². The third kappa shape index (κ3) is 5.79. The van der Waals surface area contributed by atoms with Gasteiger partial charge in [-0.05, 0) is 56.7 Å². The van der Waals surface area contributed by atoms with Crippen LogP contribution in [0.5, 0.6) is 0 Å². The van der Waals surface area contributed by atoms with E-state index in [2.05, 4.69) is 26.7 Å². The summed E-state index contributed by atoms with van der Waals surface area (Å²) in [5.74, 6) is -0.153. The number of amides is 1. The molecule has 1 amide bonds. The number of sulfonamides is 1. The number of nitrogens with one attached hydrogen (secondary N) is 1. The molecule has 2 aromatic rings. The first kappa shape index (κ1) is 27.4. The Morgan fingerprint density at radius 2 is 1.83 bits per heavy atom. The fourth-order valence-corrected chi connectivity index (χ4v) is 5.89. The van der Waals surface area contributed by atoms with E-state index in [1.165, 1.54) is 31.3 Å². The first-order chi connectivity index (χ1) is 17.2. The van der Waals surface area contributed by atoms with Crippen molar-refractivity contribution in [1.29, 1.82) is 10.5 Å². The van der Waals surface area contributed by atoms with E-state index < -0.39 is 21.2 Å². The van der Waals surface area contributed by atoms with E-state index >= 15 is 0 Å². The van der Waals surface area contributed by atoms with Crippen LogP contribution in [0.15, 0.2) is 34.2 Å². The van der Waals surface area contributed by atoms with Crippen LogP contribution in [0.2, 0.25) is 0 Å². The second-order valence-electron chi connectivity index (χ2n) is 8.37. The van der Waals surface area contributed by atoms with Crippen LogP contribution in [0.4, 0.5) is 5.82 Å². The monoisotopic (exact) mass is 527 g/mol. The second-order valence-corrected chi connectivity index (χ2v) is 11.3. The van der Waals surface area contributed by atoms with Gasteiger partial charge in [-0.3, -0.25) is 4.79 Å². The van der Waals surface area contributed by atoms with Gasteiger partial charge in [0.25, 0.3) is 0 Å². The molecule has 1 aliphatic rings. The molecule has 0 spiro atoms. The molecule has 36 heavy (non-hydrogen) atoms. The fraction of sp³-hybridized carbons (Fsp3) is 0.417. The smallest absolute Gasteiger partial charge is 0.240 e. The maximum atomic E-state index is 12.5. The normalized spacial score (nSPS) is 15.5. The molecule has 0 bridgehead atoms. The summed E-state index contributed by atoms with van der Waals surface area (Å²) in [5.41, 5.74) is 7.42. The number of hydrogen-bond donors (Lipinski definition) is 2. The third-order valence-electron chi connectivity index (χ3n) is 6.09. The number of thioether (sulfide) groups is 1. The van der Waals surface area contributed by atoms with E-state index in [4.69, 9.17) is 10.7 Å². The summed E-state index contributed by atoms with van der Waals surface area (Å²) in [5, 5.41) is 19.4. The quantitative estimate of drug-likeness (QED) is 0.488. The highest BCUT2D eigenvalue weighted by Crippen LogP contribution is 2.40. The largest absolute Gasteiger partial charge is 0.368 e. The molecule has 1 unspecified atom stereocenters. The van der Waals surface area contributed by atoms with Gasteiger partial charge in [0.1, 0.15) is 28.2 Å². The number of carbonyl (C=O) groups excluding carboxylic acids is 1. The number of hydrogen-bond acceptors (Lipinski definition) is 9. The van der Waals surface area contributed by atoms with Gasteiger partial charge in [-0.1, -0.05) is 30.8 Å². The Balaban J connectivity index is 2.09. The Kier molecular flexibility index (Phi) is 8.93. The van der Waals surface area contributed by atoms with Crippen molar-refractivity contribution in [2.75, 3.05) is 45.2 Å². The summed E-state index contributed by atoms with van der Waals surface area (Å²) >= 11 is 1.03. The molecular formula is C24H29N7O3S2. The number of nitriles is 2. The molecule has 0 radical (unpaired) electrons. The molecule has 1 aromatic heterocycles. The van der Waals surface area contributed by atoms with Crippen LogP contribution in [-0.4, -0.2) is 64.5 Å². The van der Waals surface area contributed by atoms with Crippen molar-refractivity contribution in [1.82, 2.24) is 14.6 Å². The zero-order valence-corrected chi connectivity index (χ0v) is 22.1. The van der Waals surface area contributed by atoms with Crippen LogP contribution in [0.3, 0.4) is 0 Å². The summed E-state index contributed by atoms with van der Waals surface area (Å²) in [6.45, 7) is 5.00. The second kappa shape index (κ2) is 11.7. The van der Waals surface area contributed by atoms with E-state index in [1.807, 2.05) is 14.0 Å². The van der Waals surface area contributed by atoms with Gasteiger partial charge in [-0.2, -0.15) is 10.5 Å². The van der Waals surface area contributed by atoms with Crippen LogP contribution in [0.1, 0.15) is 40.8 Å². The lowest BCUT2D eigenvalue weighted by molar-refractivity contribution is -0.117. The van der Waals surface area contributed by atoms with Crippen LogP contribution in [-0.2, 0) is 21.2 Å². The number of nitrogens with two attached hydrogens (primary N) is 1. The highest BCUT2D eigenvalue weighted by Gasteiger charge is 2.28. The fourth-order valence-electron chi connectivity index (χ4n) is 4.10. The summed E-state index contributed by atoms with van der Waals surface area (Å²) in [6.07, 6.45) is 1.35. The van der Waals surface area contributed by atoms with Gasteiger partial charge >= 0.3 is 0 Å². The third-order valence-corrected chi connectivity index (χ3v) is 8.78. The van der Waals surface area contributed by atoms with Crippen molar-refractivity contribution >= 4 is 33.5 Å². The number of aromatic nitrogens is 1. The first-order valence-electron chi connectivity index (χ1n) is 11.5. The Hall–Kier alpha value is -3.16. The van der Waals surface area contributed by atoms with Gasteiger partial charge in [0.05, 0.1) is 16.0 Å². The molecule has 10 nitrogen and oxygen atoms in total. The maximum absolute atomic E-state index is 12.5. The number of rotatable bonds is 8. The lowest BCUT2D eigenvalue weighted by Gasteiger charge is -2.25. The molecule has 2 heterocycles. The highest BCUT2D eigenvalue weighted by atomic mass is 32.2. The zero-order valence-electron chi connectivity index (χ0n) is 20.5. The number of pyridine rings is 1. The summed E-state index contributed by atoms with van der Waals surface area (Å²) in [7, 11) is -0.278. The van der Waals surface area contributed by atoms with Crippen molar-refractivity contribution in [3.63, 3.8) is 0 Å². The Bertz CT molecular complexity index is 1320. The predicted molar refractivity (Wildman–Crippen MR) is 138 cm³/mol. The van der Waals surface area contributed by atoms with E-state index in [0.717, 1.165) is 31.3 Å². The Labute approximate surface area is 216 Å².